The second-order valence-corrected chi connectivity index (χ2v) is 5.60. The van der Waals surface area contributed by atoms with Crippen LogP contribution in [-0.4, -0.2) is 42.0 Å². The number of hydrogen-bond acceptors (Lipinski definition) is 3. The van der Waals surface area contributed by atoms with Crippen molar-refractivity contribution < 1.29 is 4.79 Å². The molecule has 5 nitrogen and oxygen atoms in total. The molecule has 2 heterocycles. The monoisotopic (exact) mass is 272 g/mol. The highest BCUT2D eigenvalue weighted by molar-refractivity contribution is 5.98. The van der Waals surface area contributed by atoms with Gasteiger partial charge in [-0.25, -0.2) is 0 Å². The Labute approximate surface area is 118 Å². The van der Waals surface area contributed by atoms with Gasteiger partial charge in [-0.15, -0.1) is 0 Å². The van der Waals surface area contributed by atoms with Gasteiger partial charge in [0.25, 0.3) is 5.91 Å². The summed E-state index contributed by atoms with van der Waals surface area (Å²) in [5.74, 6) is -0.0416. The highest BCUT2D eigenvalue weighted by atomic mass is 16.1. The Morgan fingerprint density at radius 2 is 2.30 bits per heavy atom. The number of piperidine rings is 1. The molecule has 1 atom stereocenters. The van der Waals surface area contributed by atoms with Crippen LogP contribution in [0.1, 0.15) is 23.3 Å². The molecule has 1 unspecified atom stereocenters. The minimum Gasteiger partial charge on any atom is -0.399 e. The average Bonchev–Trinajstić information content (AvgIpc) is 2.81. The van der Waals surface area contributed by atoms with E-state index >= 15 is 0 Å². The van der Waals surface area contributed by atoms with Crippen molar-refractivity contribution in [2.45, 2.75) is 18.9 Å². The zero-order valence-electron chi connectivity index (χ0n) is 11.6. The first-order valence-corrected chi connectivity index (χ1v) is 6.99. The highest BCUT2D eigenvalue weighted by Crippen LogP contribution is 2.18. The van der Waals surface area contributed by atoms with Gasteiger partial charge in [0, 0.05) is 29.2 Å². The molecule has 5 heteroatoms. The predicted molar refractivity (Wildman–Crippen MR) is 80.7 cm³/mol. The Kier molecular flexibility index (Phi) is 3.36. The number of hydrogen-bond donors (Lipinski definition) is 3. The van der Waals surface area contributed by atoms with E-state index in [1.54, 1.807) is 0 Å². The smallest absolute Gasteiger partial charge is 0.267 e. The summed E-state index contributed by atoms with van der Waals surface area (Å²) in [5.41, 5.74) is 7.99. The van der Waals surface area contributed by atoms with Crippen LogP contribution in [0.15, 0.2) is 24.3 Å². The summed E-state index contributed by atoms with van der Waals surface area (Å²) in [5, 5.41) is 4.07. The fraction of sp³-hybridized carbons (Fsp3) is 0.400. The van der Waals surface area contributed by atoms with Crippen LogP contribution in [0.5, 0.6) is 0 Å². The number of fused-ring (bicyclic) bond motifs is 1. The minimum atomic E-state index is -0.0416. The minimum absolute atomic E-state index is 0.0416. The molecule has 1 saturated heterocycles. The molecule has 1 aromatic heterocycles. The van der Waals surface area contributed by atoms with Crippen molar-refractivity contribution in [1.29, 1.82) is 0 Å². The predicted octanol–water partition coefficient (Wildman–Crippen LogP) is 1.57. The number of benzene rings is 1. The molecule has 4 N–H and O–H groups in total. The van der Waals surface area contributed by atoms with Gasteiger partial charge in [-0.05, 0) is 50.7 Å². The van der Waals surface area contributed by atoms with Crippen molar-refractivity contribution in [3.8, 4) is 0 Å². The molecule has 0 spiro atoms. The molecular formula is C15H20N4O. The number of nitrogens with two attached hydrogens (primary N) is 1. The molecule has 0 aliphatic carbocycles. The number of H-pyrrole nitrogens is 1. The van der Waals surface area contributed by atoms with Gasteiger partial charge in [-0.1, -0.05) is 0 Å². The first-order valence-electron chi connectivity index (χ1n) is 6.99. The van der Waals surface area contributed by atoms with Gasteiger partial charge in [0.05, 0.1) is 0 Å². The van der Waals surface area contributed by atoms with Crippen LogP contribution in [0, 0.1) is 0 Å². The van der Waals surface area contributed by atoms with Crippen LogP contribution in [0.3, 0.4) is 0 Å². The maximum absolute atomic E-state index is 12.3. The van der Waals surface area contributed by atoms with Crippen molar-refractivity contribution in [1.82, 2.24) is 15.2 Å². The van der Waals surface area contributed by atoms with Crippen LogP contribution in [0.2, 0.25) is 0 Å². The lowest BCUT2D eigenvalue weighted by Gasteiger charge is -2.30. The Morgan fingerprint density at radius 3 is 3.10 bits per heavy atom. The number of likely N-dealkylation sites (tertiary alicyclic amines) is 1. The van der Waals surface area contributed by atoms with Crippen LogP contribution in [0.25, 0.3) is 10.9 Å². The van der Waals surface area contributed by atoms with Crippen molar-refractivity contribution in [2.75, 3.05) is 25.9 Å². The summed E-state index contributed by atoms with van der Waals surface area (Å²) in [6.45, 7) is 2.02. The number of carbonyl (C=O) groups is 1. The fourth-order valence-corrected chi connectivity index (χ4v) is 2.82. The zero-order chi connectivity index (χ0) is 14.1. The molecule has 2 aromatic rings. The van der Waals surface area contributed by atoms with Gasteiger partial charge in [-0.2, -0.15) is 0 Å². The number of nitrogen functional groups attached to an aromatic ring is 1. The molecule has 0 radical (unpaired) electrons. The van der Waals surface area contributed by atoms with Crippen LogP contribution >= 0.6 is 0 Å². The number of amides is 1. The van der Waals surface area contributed by atoms with E-state index in [9.17, 15) is 4.79 Å². The molecule has 1 fully saturated rings. The Morgan fingerprint density at radius 1 is 1.45 bits per heavy atom. The molecule has 0 saturated carbocycles. The number of carbonyl (C=O) groups excluding carboxylic acids is 1. The Bertz CT molecular complexity index is 634. The van der Waals surface area contributed by atoms with E-state index in [1.165, 1.54) is 0 Å². The third-order valence-corrected chi connectivity index (χ3v) is 3.85. The number of nitrogens with one attached hydrogen (secondary N) is 2. The highest BCUT2D eigenvalue weighted by Gasteiger charge is 2.20. The second kappa shape index (κ2) is 5.17. The molecule has 1 amide bonds. The van der Waals surface area contributed by atoms with Crippen molar-refractivity contribution in [3.05, 3.63) is 30.0 Å². The van der Waals surface area contributed by atoms with Gasteiger partial charge in [0.2, 0.25) is 0 Å². The maximum atomic E-state index is 12.3. The molecule has 3 rings (SSSR count). The Balaban J connectivity index is 1.75. The van der Waals surface area contributed by atoms with E-state index in [0.29, 0.717) is 11.4 Å². The largest absolute Gasteiger partial charge is 0.399 e. The van der Waals surface area contributed by atoms with Crippen molar-refractivity contribution in [3.63, 3.8) is 0 Å². The first-order chi connectivity index (χ1) is 9.61. The van der Waals surface area contributed by atoms with E-state index in [2.05, 4.69) is 22.2 Å². The average molecular weight is 272 g/mol. The Hall–Kier alpha value is -2.01. The van der Waals surface area contributed by atoms with Crippen LogP contribution in [-0.2, 0) is 0 Å². The molecule has 0 bridgehead atoms. The summed E-state index contributed by atoms with van der Waals surface area (Å²) in [6, 6.07) is 7.69. The summed E-state index contributed by atoms with van der Waals surface area (Å²) in [7, 11) is 2.09. The normalized spacial score (nSPS) is 20.1. The third kappa shape index (κ3) is 2.63. The summed E-state index contributed by atoms with van der Waals surface area (Å²) in [6.07, 6.45) is 2.17. The molecule has 1 aliphatic heterocycles. The standard InChI is InChI=1S/C15H20N4O/c1-19-6-2-3-12(9-19)17-15(20)14-8-10-7-11(16)4-5-13(10)18-14/h4-5,7-8,12,18H,2-3,6,9,16H2,1H3,(H,17,20). The zero-order valence-corrected chi connectivity index (χ0v) is 11.6. The number of rotatable bonds is 2. The van der Waals surface area contributed by atoms with Crippen molar-refractivity contribution in [2.24, 2.45) is 0 Å². The van der Waals surface area contributed by atoms with E-state index < -0.39 is 0 Å². The fourth-order valence-electron chi connectivity index (χ4n) is 2.82. The van der Waals surface area contributed by atoms with Gasteiger partial charge >= 0.3 is 0 Å². The van der Waals surface area contributed by atoms with Crippen molar-refractivity contribution >= 4 is 22.5 Å². The molecule has 20 heavy (non-hydrogen) atoms. The SMILES string of the molecule is CN1CCCC(NC(=O)c2cc3cc(N)ccc3[nH]2)C1. The summed E-state index contributed by atoms with van der Waals surface area (Å²) in [4.78, 5) is 17.7. The number of aromatic nitrogens is 1. The van der Waals surface area contributed by atoms with E-state index in [-0.39, 0.29) is 11.9 Å². The van der Waals surface area contributed by atoms with E-state index in [0.717, 1.165) is 36.8 Å². The van der Waals surface area contributed by atoms with E-state index in [4.69, 9.17) is 5.73 Å². The van der Waals surface area contributed by atoms with Crippen LogP contribution < -0.4 is 11.1 Å². The summed E-state index contributed by atoms with van der Waals surface area (Å²) >= 11 is 0. The molecular weight excluding hydrogens is 252 g/mol. The number of likely N-dealkylation sites (N-methyl/N-ethyl adjacent to an activating group) is 1. The van der Waals surface area contributed by atoms with Gasteiger partial charge < -0.3 is 20.9 Å². The molecule has 106 valence electrons. The quantitative estimate of drug-likeness (QED) is 0.727. The van der Waals surface area contributed by atoms with Gasteiger partial charge in [-0.3, -0.25) is 4.79 Å². The molecule has 1 aliphatic rings. The van der Waals surface area contributed by atoms with E-state index in [1.807, 2.05) is 24.3 Å². The second-order valence-electron chi connectivity index (χ2n) is 5.60. The number of aromatic amines is 1. The lowest BCUT2D eigenvalue weighted by Crippen LogP contribution is -2.46. The molecule has 1 aromatic carbocycles. The third-order valence-electron chi connectivity index (χ3n) is 3.85. The maximum Gasteiger partial charge on any atom is 0.267 e. The first kappa shape index (κ1) is 13.0. The lowest BCUT2D eigenvalue weighted by molar-refractivity contribution is 0.0908. The number of anilines is 1. The summed E-state index contributed by atoms with van der Waals surface area (Å²) < 4.78 is 0. The van der Waals surface area contributed by atoms with Gasteiger partial charge in [0.1, 0.15) is 5.69 Å². The number of nitrogens with zero attached hydrogens (tertiary/aromatic N) is 1. The van der Waals surface area contributed by atoms with Crippen LogP contribution in [0.4, 0.5) is 5.69 Å². The van der Waals surface area contributed by atoms with Gasteiger partial charge in [0.15, 0.2) is 0 Å². The lowest BCUT2D eigenvalue weighted by atomic mass is 10.1. The topological polar surface area (TPSA) is 74.2 Å².